The number of methoxy groups -OCH3 is 1. The maximum absolute atomic E-state index is 12.6. The second-order valence-corrected chi connectivity index (χ2v) is 8.39. The predicted octanol–water partition coefficient (Wildman–Crippen LogP) is 3.99. The first kappa shape index (κ1) is 18.8. The number of esters is 1. The lowest BCUT2D eigenvalue weighted by atomic mass is 9.84. The summed E-state index contributed by atoms with van der Waals surface area (Å²) in [6.45, 7) is 4.38. The van der Waals surface area contributed by atoms with Crippen LogP contribution < -0.4 is 9.47 Å². The summed E-state index contributed by atoms with van der Waals surface area (Å²) < 4.78 is 29.8. The summed E-state index contributed by atoms with van der Waals surface area (Å²) >= 11 is 6.35. The molecule has 0 radical (unpaired) electrons. The summed E-state index contributed by atoms with van der Waals surface area (Å²) in [6, 6.07) is 1.58. The molecule has 1 aliphatic carbocycles. The summed E-state index contributed by atoms with van der Waals surface area (Å²) in [5, 5.41) is 0.368. The van der Waals surface area contributed by atoms with Gasteiger partial charge in [-0.15, -0.1) is 0 Å². The molecule has 0 aromatic heterocycles. The first-order valence-electron chi connectivity index (χ1n) is 9.52. The van der Waals surface area contributed by atoms with E-state index in [9.17, 15) is 9.18 Å². The van der Waals surface area contributed by atoms with E-state index in [1.165, 1.54) is 7.11 Å². The third-order valence-electron chi connectivity index (χ3n) is 6.05. The van der Waals surface area contributed by atoms with Gasteiger partial charge >= 0.3 is 5.97 Å². The topological polar surface area (TPSA) is 48.0 Å². The van der Waals surface area contributed by atoms with E-state index in [0.29, 0.717) is 33.6 Å². The Balaban J connectivity index is 1.42. The molecule has 5 nitrogen and oxygen atoms in total. The summed E-state index contributed by atoms with van der Waals surface area (Å²) in [5.41, 5.74) is 1.09. The van der Waals surface area contributed by atoms with E-state index in [1.807, 2.05) is 6.92 Å². The first-order valence-corrected chi connectivity index (χ1v) is 9.90. The van der Waals surface area contributed by atoms with Crippen molar-refractivity contribution < 1.29 is 23.4 Å². The van der Waals surface area contributed by atoms with Crippen LogP contribution in [0.2, 0.25) is 5.02 Å². The standard InChI is InChI=1S/C20H25ClFNO4/c1-12-15(19(24)25-2)7-16(21)18-17(12)26-20(27-18)5-3-13(4-6-20)9-23-10-14(8-22)11-23/h7,13-14H,3-6,8-11H2,1-2H3. The molecule has 2 fully saturated rings. The Kier molecular flexibility index (Phi) is 4.97. The number of likely N-dealkylation sites (tertiary alicyclic amines) is 1. The van der Waals surface area contributed by atoms with Crippen LogP contribution in [0.15, 0.2) is 6.07 Å². The zero-order valence-electron chi connectivity index (χ0n) is 15.7. The van der Waals surface area contributed by atoms with Crippen LogP contribution in [0.4, 0.5) is 4.39 Å². The molecule has 2 aliphatic heterocycles. The van der Waals surface area contributed by atoms with Gasteiger partial charge in [-0.2, -0.15) is 0 Å². The highest BCUT2D eigenvalue weighted by Gasteiger charge is 2.47. The number of ether oxygens (including phenoxy) is 3. The van der Waals surface area contributed by atoms with Gasteiger partial charge < -0.3 is 19.1 Å². The van der Waals surface area contributed by atoms with Crippen molar-refractivity contribution in [3.8, 4) is 11.5 Å². The minimum atomic E-state index is -0.696. The highest BCUT2D eigenvalue weighted by molar-refractivity contribution is 6.32. The Morgan fingerprint density at radius 3 is 2.59 bits per heavy atom. The minimum absolute atomic E-state index is 0.210. The first-order chi connectivity index (χ1) is 12.9. The maximum atomic E-state index is 12.6. The zero-order chi connectivity index (χ0) is 19.2. The average Bonchev–Trinajstić information content (AvgIpc) is 3.02. The number of halogens is 2. The molecular formula is C20H25ClFNO4. The molecule has 0 N–H and O–H groups in total. The number of carbonyl (C=O) groups is 1. The van der Waals surface area contributed by atoms with E-state index in [4.69, 9.17) is 25.8 Å². The van der Waals surface area contributed by atoms with Gasteiger partial charge in [-0.3, -0.25) is 4.39 Å². The van der Waals surface area contributed by atoms with E-state index < -0.39 is 11.8 Å². The highest BCUT2D eigenvalue weighted by atomic mass is 35.5. The fraction of sp³-hybridized carbons (Fsp3) is 0.650. The van der Waals surface area contributed by atoms with Crippen molar-refractivity contribution in [2.24, 2.45) is 11.8 Å². The van der Waals surface area contributed by atoms with E-state index >= 15 is 0 Å². The molecule has 2 heterocycles. The molecule has 1 saturated carbocycles. The van der Waals surface area contributed by atoms with Crippen molar-refractivity contribution in [1.82, 2.24) is 4.90 Å². The second kappa shape index (κ2) is 7.13. The van der Waals surface area contributed by atoms with Crippen LogP contribution in [0.5, 0.6) is 11.5 Å². The molecule has 0 bridgehead atoms. The van der Waals surface area contributed by atoms with Gasteiger partial charge in [0.15, 0.2) is 11.5 Å². The van der Waals surface area contributed by atoms with E-state index in [2.05, 4.69) is 4.90 Å². The van der Waals surface area contributed by atoms with Gasteiger partial charge in [0.05, 0.1) is 24.4 Å². The van der Waals surface area contributed by atoms with E-state index in [1.54, 1.807) is 6.07 Å². The lowest BCUT2D eigenvalue weighted by molar-refractivity contribution is -0.116. The highest BCUT2D eigenvalue weighted by Crippen LogP contribution is 2.52. The summed E-state index contributed by atoms with van der Waals surface area (Å²) in [5.74, 6) is 0.743. The Morgan fingerprint density at radius 2 is 1.96 bits per heavy atom. The van der Waals surface area contributed by atoms with Gasteiger partial charge in [0.2, 0.25) is 0 Å². The molecular weight excluding hydrogens is 373 g/mol. The van der Waals surface area contributed by atoms with E-state index in [0.717, 1.165) is 45.3 Å². The zero-order valence-corrected chi connectivity index (χ0v) is 16.5. The molecule has 4 rings (SSSR count). The Bertz CT molecular complexity index is 742. The van der Waals surface area contributed by atoms with Gasteiger partial charge in [-0.05, 0) is 31.7 Å². The lowest BCUT2D eigenvalue weighted by Crippen LogP contribution is -2.51. The molecule has 1 aromatic rings. The van der Waals surface area contributed by atoms with Gasteiger partial charge in [0.25, 0.3) is 5.79 Å². The predicted molar refractivity (Wildman–Crippen MR) is 99.4 cm³/mol. The number of nitrogens with zero attached hydrogens (tertiary/aromatic N) is 1. The fourth-order valence-corrected chi connectivity index (χ4v) is 4.66. The third-order valence-corrected chi connectivity index (χ3v) is 6.34. The Labute approximate surface area is 163 Å². The molecule has 1 aromatic carbocycles. The van der Waals surface area contributed by atoms with Gasteiger partial charge in [0.1, 0.15) is 0 Å². The molecule has 148 valence electrons. The molecule has 1 spiro atoms. The molecule has 7 heteroatoms. The quantitative estimate of drug-likeness (QED) is 0.719. The fourth-order valence-electron chi connectivity index (χ4n) is 4.43. The molecule has 0 amide bonds. The minimum Gasteiger partial charge on any atom is -0.465 e. The van der Waals surface area contributed by atoms with Crippen LogP contribution in [-0.4, -0.2) is 50.1 Å². The van der Waals surface area contributed by atoms with Crippen LogP contribution >= 0.6 is 11.6 Å². The number of carbonyl (C=O) groups excluding carboxylic acids is 1. The van der Waals surface area contributed by atoms with Crippen LogP contribution in [0.3, 0.4) is 0 Å². The SMILES string of the molecule is COC(=O)c1cc(Cl)c2c(c1C)OC1(CCC(CN3CC(CF)C3)CC1)O2. The summed E-state index contributed by atoms with van der Waals surface area (Å²) in [4.78, 5) is 14.3. The molecule has 0 atom stereocenters. The Morgan fingerprint density at radius 1 is 1.30 bits per heavy atom. The second-order valence-electron chi connectivity index (χ2n) is 7.98. The van der Waals surface area contributed by atoms with Crippen molar-refractivity contribution in [1.29, 1.82) is 0 Å². The average molecular weight is 398 g/mol. The third kappa shape index (κ3) is 3.38. The largest absolute Gasteiger partial charge is 0.465 e. The Hall–Kier alpha value is -1.53. The lowest BCUT2D eigenvalue weighted by Gasteiger charge is -2.42. The normalized spacial score (nSPS) is 27.6. The number of alkyl halides is 1. The maximum Gasteiger partial charge on any atom is 0.338 e. The van der Waals surface area contributed by atoms with Crippen LogP contribution in [0.1, 0.15) is 41.6 Å². The number of rotatable bonds is 4. The smallest absolute Gasteiger partial charge is 0.338 e. The van der Waals surface area contributed by atoms with Crippen LogP contribution in [0, 0.1) is 18.8 Å². The molecule has 3 aliphatic rings. The monoisotopic (exact) mass is 397 g/mol. The van der Waals surface area contributed by atoms with Crippen molar-refractivity contribution in [3.05, 3.63) is 22.2 Å². The molecule has 27 heavy (non-hydrogen) atoms. The van der Waals surface area contributed by atoms with Gasteiger partial charge in [-0.1, -0.05) is 11.6 Å². The van der Waals surface area contributed by atoms with Crippen LogP contribution in [0.25, 0.3) is 0 Å². The number of hydrogen-bond donors (Lipinski definition) is 0. The number of hydrogen-bond acceptors (Lipinski definition) is 5. The van der Waals surface area contributed by atoms with Gasteiger partial charge in [-0.25, -0.2) is 4.79 Å². The molecule has 0 unspecified atom stereocenters. The summed E-state index contributed by atoms with van der Waals surface area (Å²) in [6.07, 6.45) is 3.53. The summed E-state index contributed by atoms with van der Waals surface area (Å²) in [7, 11) is 1.34. The number of fused-ring (bicyclic) bond motifs is 1. The van der Waals surface area contributed by atoms with Crippen molar-refractivity contribution in [3.63, 3.8) is 0 Å². The van der Waals surface area contributed by atoms with Gasteiger partial charge in [0, 0.05) is 44.0 Å². The van der Waals surface area contributed by atoms with Crippen molar-refractivity contribution in [2.45, 2.75) is 38.4 Å². The van der Waals surface area contributed by atoms with E-state index in [-0.39, 0.29) is 12.6 Å². The number of benzene rings is 1. The van der Waals surface area contributed by atoms with Crippen molar-refractivity contribution >= 4 is 17.6 Å². The molecule has 1 saturated heterocycles. The van der Waals surface area contributed by atoms with Crippen molar-refractivity contribution in [2.75, 3.05) is 33.4 Å². The van der Waals surface area contributed by atoms with Crippen LogP contribution in [-0.2, 0) is 4.74 Å².